The number of aliphatic hydroxyl groups is 1. The lowest BCUT2D eigenvalue weighted by Crippen LogP contribution is -2.42. The van der Waals surface area contributed by atoms with Crippen LogP contribution in [-0.2, 0) is 4.74 Å². The lowest BCUT2D eigenvalue weighted by molar-refractivity contribution is 0.162. The summed E-state index contributed by atoms with van der Waals surface area (Å²) in [5, 5.41) is 12.3. The highest BCUT2D eigenvalue weighted by atomic mass is 16.5. The van der Waals surface area contributed by atoms with E-state index in [0.717, 1.165) is 13.0 Å². The largest absolute Gasteiger partial charge is 0.395 e. The Labute approximate surface area is 81.5 Å². The monoisotopic (exact) mass is 189 g/mol. The third-order valence-electron chi connectivity index (χ3n) is 2.21. The molecule has 0 saturated heterocycles. The van der Waals surface area contributed by atoms with Crippen molar-refractivity contribution in [1.29, 1.82) is 0 Å². The predicted octanol–water partition coefficient (Wildman–Crippen LogP) is 1.02. The Hall–Kier alpha value is -0.120. The quantitative estimate of drug-likeness (QED) is 0.628. The standard InChI is InChI=1S/C10H23NO2/c1-8(2)10(5-6-13-4)11-9(3)7-12/h8-12H,5-7H2,1-4H3/t9-,10?/m0/s1. The van der Waals surface area contributed by atoms with E-state index < -0.39 is 0 Å². The van der Waals surface area contributed by atoms with Crippen molar-refractivity contribution in [2.45, 2.75) is 39.3 Å². The number of nitrogens with one attached hydrogen (secondary N) is 1. The van der Waals surface area contributed by atoms with Crippen molar-refractivity contribution in [1.82, 2.24) is 5.32 Å². The molecule has 3 heteroatoms. The summed E-state index contributed by atoms with van der Waals surface area (Å²) in [6.07, 6.45) is 0.999. The van der Waals surface area contributed by atoms with Gasteiger partial charge in [0.15, 0.2) is 0 Å². The zero-order valence-corrected chi connectivity index (χ0v) is 9.21. The van der Waals surface area contributed by atoms with Gasteiger partial charge in [-0.05, 0) is 19.3 Å². The predicted molar refractivity (Wildman–Crippen MR) is 54.8 cm³/mol. The van der Waals surface area contributed by atoms with Crippen molar-refractivity contribution < 1.29 is 9.84 Å². The van der Waals surface area contributed by atoms with E-state index in [2.05, 4.69) is 19.2 Å². The maximum Gasteiger partial charge on any atom is 0.0582 e. The normalized spacial score (nSPS) is 16.2. The van der Waals surface area contributed by atoms with Crippen LogP contribution in [0, 0.1) is 5.92 Å². The summed E-state index contributed by atoms with van der Waals surface area (Å²) in [5.41, 5.74) is 0. The van der Waals surface area contributed by atoms with E-state index in [1.54, 1.807) is 7.11 Å². The third-order valence-corrected chi connectivity index (χ3v) is 2.21. The van der Waals surface area contributed by atoms with Gasteiger partial charge < -0.3 is 15.2 Å². The van der Waals surface area contributed by atoms with Crippen LogP contribution in [0.25, 0.3) is 0 Å². The van der Waals surface area contributed by atoms with Crippen LogP contribution in [0.5, 0.6) is 0 Å². The first-order valence-electron chi connectivity index (χ1n) is 4.97. The van der Waals surface area contributed by atoms with Crippen LogP contribution >= 0.6 is 0 Å². The van der Waals surface area contributed by atoms with Gasteiger partial charge in [-0.3, -0.25) is 0 Å². The lowest BCUT2D eigenvalue weighted by atomic mass is 10.0. The summed E-state index contributed by atoms with van der Waals surface area (Å²) in [6.45, 7) is 7.31. The van der Waals surface area contributed by atoms with Crippen LogP contribution in [0.2, 0.25) is 0 Å². The molecule has 0 spiro atoms. The zero-order valence-electron chi connectivity index (χ0n) is 9.21. The molecular weight excluding hydrogens is 166 g/mol. The smallest absolute Gasteiger partial charge is 0.0582 e. The Kier molecular flexibility index (Phi) is 7.23. The molecule has 0 radical (unpaired) electrons. The van der Waals surface area contributed by atoms with E-state index in [-0.39, 0.29) is 12.6 Å². The van der Waals surface area contributed by atoms with E-state index in [4.69, 9.17) is 9.84 Å². The Morgan fingerprint density at radius 3 is 2.31 bits per heavy atom. The maximum absolute atomic E-state index is 8.90. The van der Waals surface area contributed by atoms with Crippen molar-refractivity contribution in [2.75, 3.05) is 20.3 Å². The highest BCUT2D eigenvalue weighted by molar-refractivity contribution is 4.73. The van der Waals surface area contributed by atoms with Crippen LogP contribution < -0.4 is 5.32 Å². The number of hydrogen-bond acceptors (Lipinski definition) is 3. The van der Waals surface area contributed by atoms with Gasteiger partial charge in [0.1, 0.15) is 0 Å². The van der Waals surface area contributed by atoms with E-state index in [1.807, 2.05) is 6.92 Å². The fourth-order valence-electron chi connectivity index (χ4n) is 1.27. The molecule has 0 aromatic rings. The number of methoxy groups -OCH3 is 1. The first-order chi connectivity index (χ1) is 6.11. The molecule has 2 atom stereocenters. The number of aliphatic hydroxyl groups excluding tert-OH is 1. The summed E-state index contributed by atoms with van der Waals surface area (Å²) < 4.78 is 5.04. The molecule has 0 amide bonds. The number of rotatable bonds is 7. The van der Waals surface area contributed by atoms with Crippen molar-refractivity contribution in [3.05, 3.63) is 0 Å². The van der Waals surface area contributed by atoms with E-state index in [9.17, 15) is 0 Å². The fraction of sp³-hybridized carbons (Fsp3) is 1.00. The van der Waals surface area contributed by atoms with Crippen LogP contribution in [0.15, 0.2) is 0 Å². The second kappa shape index (κ2) is 7.30. The highest BCUT2D eigenvalue weighted by Crippen LogP contribution is 2.07. The third kappa shape index (κ3) is 6.02. The summed E-state index contributed by atoms with van der Waals surface area (Å²) in [6, 6.07) is 0.603. The van der Waals surface area contributed by atoms with Crippen molar-refractivity contribution in [2.24, 2.45) is 5.92 Å². The average Bonchev–Trinajstić information content (AvgIpc) is 2.11. The van der Waals surface area contributed by atoms with Gasteiger partial charge in [-0.25, -0.2) is 0 Å². The first-order valence-corrected chi connectivity index (χ1v) is 4.97. The van der Waals surface area contributed by atoms with E-state index >= 15 is 0 Å². The molecule has 0 fully saturated rings. The van der Waals surface area contributed by atoms with Crippen LogP contribution in [0.4, 0.5) is 0 Å². The molecular formula is C10H23NO2. The Bertz CT molecular complexity index is 117. The van der Waals surface area contributed by atoms with Gasteiger partial charge in [0.2, 0.25) is 0 Å². The minimum atomic E-state index is 0.171. The Balaban J connectivity index is 3.79. The van der Waals surface area contributed by atoms with Crippen molar-refractivity contribution in [3.8, 4) is 0 Å². The Morgan fingerprint density at radius 1 is 1.31 bits per heavy atom. The SMILES string of the molecule is COCCC(N[C@@H](C)CO)C(C)C. The molecule has 3 nitrogen and oxygen atoms in total. The fourth-order valence-corrected chi connectivity index (χ4v) is 1.27. The maximum atomic E-state index is 8.90. The van der Waals surface area contributed by atoms with E-state index in [0.29, 0.717) is 12.0 Å². The van der Waals surface area contributed by atoms with E-state index in [1.165, 1.54) is 0 Å². The molecule has 0 saturated carbocycles. The summed E-state index contributed by atoms with van der Waals surface area (Å²) in [4.78, 5) is 0. The van der Waals surface area contributed by atoms with Gasteiger partial charge in [0, 0.05) is 25.8 Å². The molecule has 2 N–H and O–H groups in total. The summed E-state index contributed by atoms with van der Waals surface area (Å²) >= 11 is 0. The second-order valence-corrected chi connectivity index (χ2v) is 3.88. The minimum absolute atomic E-state index is 0.171. The van der Waals surface area contributed by atoms with Crippen LogP contribution in [-0.4, -0.2) is 37.5 Å². The molecule has 80 valence electrons. The number of hydrogen-bond donors (Lipinski definition) is 2. The van der Waals surface area contributed by atoms with Gasteiger partial charge >= 0.3 is 0 Å². The first kappa shape index (κ1) is 12.9. The van der Waals surface area contributed by atoms with Gasteiger partial charge in [0.25, 0.3) is 0 Å². The van der Waals surface area contributed by atoms with Crippen molar-refractivity contribution in [3.63, 3.8) is 0 Å². The molecule has 0 aliphatic heterocycles. The van der Waals surface area contributed by atoms with Crippen LogP contribution in [0.1, 0.15) is 27.2 Å². The molecule has 0 aliphatic carbocycles. The molecule has 0 aliphatic rings. The molecule has 0 heterocycles. The molecule has 0 aromatic heterocycles. The van der Waals surface area contributed by atoms with Crippen LogP contribution in [0.3, 0.4) is 0 Å². The minimum Gasteiger partial charge on any atom is -0.395 e. The number of ether oxygens (including phenoxy) is 1. The molecule has 13 heavy (non-hydrogen) atoms. The lowest BCUT2D eigenvalue weighted by Gasteiger charge is -2.25. The summed E-state index contributed by atoms with van der Waals surface area (Å²) in [5.74, 6) is 0.573. The van der Waals surface area contributed by atoms with Gasteiger partial charge in [0.05, 0.1) is 6.61 Å². The topological polar surface area (TPSA) is 41.5 Å². The van der Waals surface area contributed by atoms with Crippen molar-refractivity contribution >= 4 is 0 Å². The molecule has 0 aromatic carbocycles. The molecule has 0 rings (SSSR count). The van der Waals surface area contributed by atoms with Gasteiger partial charge in [-0.1, -0.05) is 13.8 Å². The summed E-state index contributed by atoms with van der Waals surface area (Å²) in [7, 11) is 1.72. The average molecular weight is 189 g/mol. The second-order valence-electron chi connectivity index (χ2n) is 3.88. The molecule has 0 bridgehead atoms. The van der Waals surface area contributed by atoms with Gasteiger partial charge in [-0.2, -0.15) is 0 Å². The van der Waals surface area contributed by atoms with Gasteiger partial charge in [-0.15, -0.1) is 0 Å². The Morgan fingerprint density at radius 2 is 1.92 bits per heavy atom. The zero-order chi connectivity index (χ0) is 10.3. The molecule has 1 unspecified atom stereocenters. The highest BCUT2D eigenvalue weighted by Gasteiger charge is 2.14.